The molecule has 174 valence electrons. The Morgan fingerprint density at radius 2 is 2.00 bits per heavy atom. The van der Waals surface area contributed by atoms with Crippen LogP contribution in [0.1, 0.15) is 11.7 Å². The fourth-order valence-corrected chi connectivity index (χ4v) is 4.82. The monoisotopic (exact) mass is 494 g/mol. The van der Waals surface area contributed by atoms with Gasteiger partial charge in [-0.1, -0.05) is 16.8 Å². The predicted octanol–water partition coefficient (Wildman–Crippen LogP) is 2.78. The Labute approximate surface area is 194 Å². The molecule has 4 rings (SSSR count). The highest BCUT2D eigenvalue weighted by atomic mass is 35.5. The summed E-state index contributed by atoms with van der Waals surface area (Å²) in [6.07, 6.45) is 0. The maximum Gasteiger partial charge on any atom is 0.265 e. The number of halogens is 1. The second-order valence-electron chi connectivity index (χ2n) is 6.92. The van der Waals surface area contributed by atoms with E-state index in [4.69, 9.17) is 30.3 Å². The second kappa shape index (κ2) is 8.79. The summed E-state index contributed by atoms with van der Waals surface area (Å²) in [5, 5.41) is 3.68. The van der Waals surface area contributed by atoms with Gasteiger partial charge >= 0.3 is 0 Å². The lowest BCUT2D eigenvalue weighted by molar-refractivity contribution is -0.121. The molecule has 13 heteroatoms. The molecule has 0 bridgehead atoms. The van der Waals surface area contributed by atoms with E-state index in [0.717, 1.165) is 0 Å². The van der Waals surface area contributed by atoms with Gasteiger partial charge in [0.2, 0.25) is 5.89 Å². The van der Waals surface area contributed by atoms with Crippen molar-refractivity contribution in [1.29, 1.82) is 0 Å². The molecule has 0 spiro atoms. The zero-order valence-corrected chi connectivity index (χ0v) is 19.4. The van der Waals surface area contributed by atoms with Gasteiger partial charge in [0.15, 0.2) is 12.4 Å². The van der Waals surface area contributed by atoms with Crippen molar-refractivity contribution in [2.45, 2.75) is 18.4 Å². The number of benzene rings is 2. The highest BCUT2D eigenvalue weighted by Crippen LogP contribution is 2.40. The summed E-state index contributed by atoms with van der Waals surface area (Å²) in [6, 6.07) is 7.28. The number of aryl methyl sites for hydroxylation is 1. The molecule has 1 aliphatic rings. The summed E-state index contributed by atoms with van der Waals surface area (Å²) in [5.41, 5.74) is 0.451. The Kier molecular flexibility index (Phi) is 6.04. The van der Waals surface area contributed by atoms with Gasteiger partial charge in [0.1, 0.15) is 22.1 Å². The minimum absolute atomic E-state index is 0.00815. The largest absolute Gasteiger partial charge is 0.497 e. The number of fused-ring (bicyclic) bond motifs is 1. The zero-order chi connectivity index (χ0) is 23.8. The van der Waals surface area contributed by atoms with Crippen molar-refractivity contribution >= 4 is 38.9 Å². The third kappa shape index (κ3) is 4.52. The van der Waals surface area contributed by atoms with E-state index in [2.05, 4.69) is 14.9 Å². The molecule has 0 fully saturated rings. The summed E-state index contributed by atoms with van der Waals surface area (Å²) >= 11 is 6.35. The highest BCUT2D eigenvalue weighted by molar-refractivity contribution is 7.92. The normalized spacial score (nSPS) is 13.3. The van der Waals surface area contributed by atoms with E-state index in [1.165, 1.54) is 37.3 Å². The van der Waals surface area contributed by atoms with Crippen LogP contribution in [-0.2, 0) is 21.4 Å². The number of hydrogen-bond acceptors (Lipinski definition) is 9. The minimum atomic E-state index is -4.16. The van der Waals surface area contributed by atoms with E-state index in [0.29, 0.717) is 11.6 Å². The van der Waals surface area contributed by atoms with Crippen molar-refractivity contribution < 1.29 is 31.9 Å². The van der Waals surface area contributed by atoms with Crippen LogP contribution in [0.15, 0.2) is 39.8 Å². The molecule has 1 amide bonds. The molecule has 1 N–H and O–H groups in total. The average Bonchev–Trinajstić information content (AvgIpc) is 3.19. The number of hydrogen-bond donors (Lipinski definition) is 1. The van der Waals surface area contributed by atoms with Crippen molar-refractivity contribution in [2.24, 2.45) is 0 Å². The lowest BCUT2D eigenvalue weighted by atomic mass is 10.2. The Morgan fingerprint density at radius 3 is 2.67 bits per heavy atom. The summed E-state index contributed by atoms with van der Waals surface area (Å²) in [4.78, 5) is 17.7. The molecule has 2 heterocycles. The van der Waals surface area contributed by atoms with Crippen LogP contribution >= 0.6 is 11.6 Å². The van der Waals surface area contributed by atoms with Crippen LogP contribution in [0.2, 0.25) is 5.02 Å². The van der Waals surface area contributed by atoms with Crippen LogP contribution < -0.4 is 23.8 Å². The molecule has 3 aromatic rings. The van der Waals surface area contributed by atoms with Crippen molar-refractivity contribution in [3.05, 3.63) is 47.1 Å². The average molecular weight is 495 g/mol. The van der Waals surface area contributed by atoms with Crippen molar-refractivity contribution in [3.63, 3.8) is 0 Å². The van der Waals surface area contributed by atoms with E-state index in [1.807, 2.05) is 0 Å². The maximum atomic E-state index is 13.2. The van der Waals surface area contributed by atoms with Gasteiger partial charge < -0.3 is 18.7 Å². The molecular weight excluding hydrogens is 476 g/mol. The Bertz CT molecular complexity index is 1330. The van der Waals surface area contributed by atoms with E-state index in [1.54, 1.807) is 19.1 Å². The SMILES string of the molecule is COc1ccc(OC)c(NS(=O)(=O)c2cc3c(cc2Cl)N(Cc2noc(C)n2)C(=O)CO3)c1. The lowest BCUT2D eigenvalue weighted by Crippen LogP contribution is -2.38. The topological polar surface area (TPSA) is 133 Å². The number of rotatable bonds is 7. The van der Waals surface area contributed by atoms with Crippen LogP contribution in [-0.4, -0.2) is 45.3 Å². The molecule has 0 saturated heterocycles. The molecule has 0 aliphatic carbocycles. The number of carbonyl (C=O) groups is 1. The van der Waals surface area contributed by atoms with E-state index in [9.17, 15) is 13.2 Å². The van der Waals surface area contributed by atoms with Crippen LogP contribution in [0, 0.1) is 6.92 Å². The van der Waals surface area contributed by atoms with Gasteiger partial charge in [-0.15, -0.1) is 0 Å². The van der Waals surface area contributed by atoms with Gasteiger partial charge in [-0.3, -0.25) is 14.4 Å². The number of sulfonamides is 1. The van der Waals surface area contributed by atoms with Gasteiger partial charge in [0.05, 0.1) is 37.2 Å². The third-order valence-corrected chi connectivity index (χ3v) is 6.60. The Balaban J connectivity index is 1.69. The van der Waals surface area contributed by atoms with Crippen LogP contribution in [0.4, 0.5) is 11.4 Å². The number of amides is 1. The van der Waals surface area contributed by atoms with Gasteiger partial charge in [-0.25, -0.2) is 8.42 Å². The van der Waals surface area contributed by atoms with Gasteiger partial charge in [0, 0.05) is 19.1 Å². The number of nitrogens with one attached hydrogen (secondary N) is 1. The van der Waals surface area contributed by atoms with E-state index >= 15 is 0 Å². The van der Waals surface area contributed by atoms with Crippen molar-refractivity contribution in [3.8, 4) is 17.2 Å². The number of methoxy groups -OCH3 is 2. The first kappa shape index (κ1) is 22.7. The fraction of sp³-hybridized carbons (Fsp3) is 0.250. The number of anilines is 2. The first-order valence-corrected chi connectivity index (χ1v) is 11.4. The van der Waals surface area contributed by atoms with Crippen LogP contribution in [0.25, 0.3) is 0 Å². The molecule has 1 aliphatic heterocycles. The van der Waals surface area contributed by atoms with E-state index in [-0.39, 0.29) is 57.7 Å². The summed E-state index contributed by atoms with van der Waals surface area (Å²) in [6.45, 7) is 1.35. The van der Waals surface area contributed by atoms with Crippen molar-refractivity contribution in [1.82, 2.24) is 10.1 Å². The number of nitrogens with zero attached hydrogens (tertiary/aromatic N) is 3. The Morgan fingerprint density at radius 1 is 1.21 bits per heavy atom. The molecule has 33 heavy (non-hydrogen) atoms. The molecule has 1 aromatic heterocycles. The van der Waals surface area contributed by atoms with E-state index < -0.39 is 10.0 Å². The first-order chi connectivity index (χ1) is 15.7. The smallest absolute Gasteiger partial charge is 0.265 e. The van der Waals surface area contributed by atoms with Crippen molar-refractivity contribution in [2.75, 3.05) is 30.4 Å². The third-order valence-electron chi connectivity index (χ3n) is 4.77. The summed E-state index contributed by atoms with van der Waals surface area (Å²) in [5.74, 6) is 1.15. The molecular formula is C20H19ClN4O7S. The Hall–Kier alpha value is -3.51. The number of aromatic nitrogens is 2. The van der Waals surface area contributed by atoms with Gasteiger partial charge in [-0.05, 0) is 18.2 Å². The second-order valence-corrected chi connectivity index (χ2v) is 8.98. The van der Waals surface area contributed by atoms with Gasteiger partial charge in [0.25, 0.3) is 15.9 Å². The minimum Gasteiger partial charge on any atom is -0.497 e. The van der Waals surface area contributed by atoms with Gasteiger partial charge in [-0.2, -0.15) is 4.98 Å². The fourth-order valence-electron chi connectivity index (χ4n) is 3.22. The summed E-state index contributed by atoms with van der Waals surface area (Å²) < 4.78 is 49.6. The number of ether oxygens (including phenoxy) is 3. The first-order valence-electron chi connectivity index (χ1n) is 9.52. The molecule has 2 aromatic carbocycles. The molecule has 0 saturated carbocycles. The summed E-state index contributed by atoms with van der Waals surface area (Å²) in [7, 11) is -1.29. The van der Waals surface area contributed by atoms with Crippen LogP contribution in [0.5, 0.6) is 17.2 Å². The molecule has 11 nitrogen and oxygen atoms in total. The highest BCUT2D eigenvalue weighted by Gasteiger charge is 2.31. The predicted molar refractivity (Wildman–Crippen MR) is 118 cm³/mol. The lowest BCUT2D eigenvalue weighted by Gasteiger charge is -2.29. The maximum absolute atomic E-state index is 13.2. The number of carbonyl (C=O) groups excluding carboxylic acids is 1. The molecule has 0 unspecified atom stereocenters. The molecule has 0 radical (unpaired) electrons. The quantitative estimate of drug-likeness (QED) is 0.526. The van der Waals surface area contributed by atoms with Crippen LogP contribution in [0.3, 0.4) is 0 Å². The standard InChI is InChI=1S/C20H19ClN4O7S/c1-11-22-19(23-32-11)9-25-15-7-13(21)18(8-17(15)31-10-20(25)26)33(27,28)24-14-6-12(29-2)4-5-16(14)30-3/h4-8,24H,9-10H2,1-3H3. The molecule has 0 atom stereocenters. The zero-order valence-electron chi connectivity index (χ0n) is 17.8.